The summed E-state index contributed by atoms with van der Waals surface area (Å²) in [6.45, 7) is 1.77. The zero-order valence-corrected chi connectivity index (χ0v) is 31.2. The molecular weight excluding hydrogens is 859 g/mol. The lowest BCUT2D eigenvalue weighted by Crippen LogP contribution is -2.28. The van der Waals surface area contributed by atoms with Crippen LogP contribution in [0.5, 0.6) is 0 Å². The maximum absolute atomic E-state index is 12.1. The van der Waals surface area contributed by atoms with Crippen LogP contribution in [-0.2, 0) is 25.5 Å². The third-order valence-corrected chi connectivity index (χ3v) is 10.0. The molecule has 0 aromatic heterocycles. The molecule has 1 atom stereocenters. The average molecular weight is 909 g/mol. The SMILES string of the molecule is CCCCCCCC/C=C\CCCCCCCC(=O)OC(CO)COC(=O)CCCCc1c(I)cc(I)c(N)c1I. The van der Waals surface area contributed by atoms with E-state index >= 15 is 0 Å². The van der Waals surface area contributed by atoms with Crippen LogP contribution >= 0.6 is 67.8 Å². The van der Waals surface area contributed by atoms with Gasteiger partial charge in [-0.25, -0.2) is 0 Å². The number of unbranched alkanes of at least 4 members (excludes halogenated alkanes) is 12. The molecule has 6 nitrogen and oxygen atoms in total. The zero-order valence-electron chi connectivity index (χ0n) is 24.7. The number of aliphatic hydroxyl groups is 1. The normalized spacial score (nSPS) is 12.1. The quantitative estimate of drug-likeness (QED) is 0.0353. The molecular formula is C32H50I3NO5. The fraction of sp³-hybridized carbons (Fsp3) is 0.688. The number of carbonyl (C=O) groups excluding carboxylic acids is 2. The number of hydrogen-bond acceptors (Lipinski definition) is 6. The van der Waals surface area contributed by atoms with Crippen molar-refractivity contribution in [2.24, 2.45) is 0 Å². The zero-order chi connectivity index (χ0) is 30.3. The predicted octanol–water partition coefficient (Wildman–Crippen LogP) is 9.28. The van der Waals surface area contributed by atoms with E-state index in [1.807, 2.05) is 0 Å². The van der Waals surface area contributed by atoms with Gasteiger partial charge in [-0.05, 0) is 131 Å². The molecule has 0 saturated heterocycles. The van der Waals surface area contributed by atoms with E-state index in [1.165, 1.54) is 66.9 Å². The maximum atomic E-state index is 12.1. The van der Waals surface area contributed by atoms with Crippen LogP contribution in [0, 0.1) is 10.7 Å². The van der Waals surface area contributed by atoms with Crippen molar-refractivity contribution in [3.8, 4) is 0 Å². The van der Waals surface area contributed by atoms with Gasteiger partial charge >= 0.3 is 11.9 Å². The Bertz CT molecular complexity index is 910. The van der Waals surface area contributed by atoms with Crippen molar-refractivity contribution >= 4 is 85.4 Å². The van der Waals surface area contributed by atoms with E-state index in [0.29, 0.717) is 12.8 Å². The van der Waals surface area contributed by atoms with Crippen LogP contribution in [0.3, 0.4) is 0 Å². The molecule has 0 saturated carbocycles. The Hall–Kier alpha value is -0.150. The summed E-state index contributed by atoms with van der Waals surface area (Å²) in [5.41, 5.74) is 8.18. The standard InChI is InChI=1S/C32H50I3NO5/c1-2-3-4-5-6-7-8-9-10-11-12-13-14-15-16-21-30(39)41-25(23-37)24-40-29(38)20-18-17-19-26-27(33)22-28(34)32(36)31(26)35/h9-10,22,25,37H,2-8,11-21,23-24,36H2,1H3/b10-9-. The van der Waals surface area contributed by atoms with E-state index in [2.05, 4.69) is 92.9 Å². The van der Waals surface area contributed by atoms with Gasteiger partial charge in [0, 0.05) is 23.6 Å². The Morgan fingerprint density at radius 3 is 2.02 bits per heavy atom. The van der Waals surface area contributed by atoms with Crippen molar-refractivity contribution in [1.29, 1.82) is 0 Å². The van der Waals surface area contributed by atoms with Gasteiger partial charge in [0.1, 0.15) is 6.61 Å². The number of carbonyl (C=O) groups is 2. The first-order valence-corrected chi connectivity index (χ1v) is 18.6. The van der Waals surface area contributed by atoms with Gasteiger partial charge in [0.05, 0.1) is 12.3 Å². The number of benzene rings is 1. The largest absolute Gasteiger partial charge is 0.462 e. The van der Waals surface area contributed by atoms with Gasteiger partial charge in [-0.3, -0.25) is 9.59 Å². The smallest absolute Gasteiger partial charge is 0.306 e. The number of anilines is 1. The van der Waals surface area contributed by atoms with Crippen LogP contribution in [0.25, 0.3) is 0 Å². The molecule has 0 heterocycles. The fourth-order valence-electron chi connectivity index (χ4n) is 4.42. The Balaban J connectivity index is 2.07. The van der Waals surface area contributed by atoms with Gasteiger partial charge in [0.2, 0.25) is 0 Å². The van der Waals surface area contributed by atoms with Gasteiger partial charge in [0.15, 0.2) is 6.10 Å². The molecule has 1 aromatic rings. The highest BCUT2D eigenvalue weighted by Gasteiger charge is 2.16. The molecule has 41 heavy (non-hydrogen) atoms. The highest BCUT2D eigenvalue weighted by Crippen LogP contribution is 2.30. The maximum Gasteiger partial charge on any atom is 0.306 e. The third kappa shape index (κ3) is 19.0. The summed E-state index contributed by atoms with van der Waals surface area (Å²) in [5.74, 6) is -0.693. The molecule has 1 rings (SSSR count). The number of halogens is 3. The second kappa shape index (κ2) is 25.2. The summed E-state index contributed by atoms with van der Waals surface area (Å²) < 4.78 is 13.9. The second-order valence-corrected chi connectivity index (χ2v) is 14.0. The van der Waals surface area contributed by atoms with Gasteiger partial charge in [-0.2, -0.15) is 0 Å². The van der Waals surface area contributed by atoms with E-state index < -0.39 is 6.10 Å². The van der Waals surface area contributed by atoms with Gasteiger partial charge in [-0.15, -0.1) is 0 Å². The molecule has 0 radical (unpaired) electrons. The molecule has 0 amide bonds. The molecule has 0 aliphatic heterocycles. The average Bonchev–Trinajstić information content (AvgIpc) is 2.95. The van der Waals surface area contributed by atoms with Gasteiger partial charge in [-0.1, -0.05) is 70.4 Å². The second-order valence-electron chi connectivity index (χ2n) is 10.6. The summed E-state index contributed by atoms with van der Waals surface area (Å²) in [6, 6.07) is 2.08. The lowest BCUT2D eigenvalue weighted by Gasteiger charge is -2.16. The first kappa shape index (κ1) is 38.9. The summed E-state index contributed by atoms with van der Waals surface area (Å²) in [6.07, 6.45) is 22.4. The van der Waals surface area contributed by atoms with Crippen molar-refractivity contribution in [3.63, 3.8) is 0 Å². The Kier molecular flexibility index (Phi) is 23.9. The van der Waals surface area contributed by atoms with Crippen molar-refractivity contribution in [1.82, 2.24) is 0 Å². The number of hydrogen-bond donors (Lipinski definition) is 2. The molecule has 3 N–H and O–H groups in total. The lowest BCUT2D eigenvalue weighted by atomic mass is 10.1. The summed E-state index contributed by atoms with van der Waals surface area (Å²) >= 11 is 6.86. The van der Waals surface area contributed by atoms with Crippen LogP contribution in [0.1, 0.15) is 122 Å². The number of ether oxygens (including phenoxy) is 2. The molecule has 0 bridgehead atoms. The molecule has 0 aliphatic carbocycles. The van der Waals surface area contributed by atoms with Crippen LogP contribution in [0.15, 0.2) is 18.2 Å². The van der Waals surface area contributed by atoms with E-state index in [9.17, 15) is 14.7 Å². The van der Waals surface area contributed by atoms with Crippen LogP contribution in [0.4, 0.5) is 5.69 Å². The summed E-state index contributed by atoms with van der Waals surface area (Å²) in [5, 5.41) is 9.54. The summed E-state index contributed by atoms with van der Waals surface area (Å²) in [7, 11) is 0. The van der Waals surface area contributed by atoms with Crippen LogP contribution in [0.2, 0.25) is 0 Å². The van der Waals surface area contributed by atoms with Gasteiger partial charge in [0.25, 0.3) is 0 Å². The van der Waals surface area contributed by atoms with Crippen molar-refractivity contribution < 1.29 is 24.2 Å². The molecule has 9 heteroatoms. The molecule has 1 unspecified atom stereocenters. The number of aliphatic hydroxyl groups excluding tert-OH is 1. The number of rotatable bonds is 24. The van der Waals surface area contributed by atoms with E-state index in [0.717, 1.165) is 51.4 Å². The third-order valence-electron chi connectivity index (χ3n) is 6.93. The molecule has 0 spiro atoms. The van der Waals surface area contributed by atoms with Crippen molar-refractivity contribution in [2.75, 3.05) is 18.9 Å². The monoisotopic (exact) mass is 909 g/mol. The highest BCUT2D eigenvalue weighted by molar-refractivity contribution is 14.1. The first-order valence-electron chi connectivity index (χ1n) is 15.3. The number of nitrogens with two attached hydrogens (primary N) is 1. The molecule has 0 aliphatic rings. The highest BCUT2D eigenvalue weighted by atomic mass is 127. The lowest BCUT2D eigenvalue weighted by molar-refractivity contribution is -0.161. The van der Waals surface area contributed by atoms with Gasteiger partial charge < -0.3 is 20.3 Å². The number of nitrogen functional groups attached to an aromatic ring is 1. The topological polar surface area (TPSA) is 98.9 Å². The number of allylic oxidation sites excluding steroid dienone is 2. The predicted molar refractivity (Wildman–Crippen MR) is 194 cm³/mol. The fourth-order valence-corrected chi connectivity index (χ4v) is 8.33. The first-order chi connectivity index (χ1) is 19.8. The van der Waals surface area contributed by atoms with Crippen molar-refractivity contribution in [3.05, 3.63) is 34.5 Å². The minimum Gasteiger partial charge on any atom is -0.462 e. The Morgan fingerprint density at radius 2 is 1.39 bits per heavy atom. The Morgan fingerprint density at radius 1 is 0.829 bits per heavy atom. The number of esters is 2. The summed E-state index contributed by atoms with van der Waals surface area (Å²) in [4.78, 5) is 24.3. The van der Waals surface area contributed by atoms with E-state index in [4.69, 9.17) is 15.2 Å². The van der Waals surface area contributed by atoms with Crippen LogP contribution in [-0.4, -0.2) is 36.4 Å². The Labute approximate surface area is 289 Å². The molecule has 234 valence electrons. The van der Waals surface area contributed by atoms with E-state index in [-0.39, 0.29) is 31.6 Å². The minimum atomic E-state index is -0.812. The van der Waals surface area contributed by atoms with Crippen LogP contribution < -0.4 is 5.73 Å². The minimum absolute atomic E-state index is 0.114. The van der Waals surface area contributed by atoms with Crippen molar-refractivity contribution in [2.45, 2.75) is 129 Å². The molecule has 1 aromatic carbocycles. The van der Waals surface area contributed by atoms with E-state index in [1.54, 1.807) is 0 Å². The molecule has 0 fully saturated rings.